The molecule has 1 unspecified atom stereocenters. The molecule has 1 saturated heterocycles. The number of hydrogen-bond donors (Lipinski definition) is 2. The summed E-state index contributed by atoms with van der Waals surface area (Å²) in [7, 11) is 1.63. The van der Waals surface area contributed by atoms with E-state index in [4.69, 9.17) is 4.74 Å². The van der Waals surface area contributed by atoms with Crippen molar-refractivity contribution in [1.82, 2.24) is 10.6 Å². The summed E-state index contributed by atoms with van der Waals surface area (Å²) >= 11 is 0. The molecule has 4 heteroatoms. The van der Waals surface area contributed by atoms with Crippen LogP contribution < -0.4 is 15.4 Å². The van der Waals surface area contributed by atoms with Gasteiger partial charge in [0.2, 0.25) is 5.91 Å². The molecule has 1 aromatic carbocycles. The van der Waals surface area contributed by atoms with E-state index in [1.54, 1.807) is 7.11 Å². The van der Waals surface area contributed by atoms with Crippen LogP contribution >= 0.6 is 0 Å². The van der Waals surface area contributed by atoms with Crippen LogP contribution in [0.25, 0.3) is 0 Å². The first kappa shape index (κ1) is 13.9. The van der Waals surface area contributed by atoms with E-state index >= 15 is 0 Å². The minimum atomic E-state index is 0.0826. The Labute approximate surface area is 114 Å². The average molecular weight is 262 g/mol. The molecule has 0 bridgehead atoms. The van der Waals surface area contributed by atoms with Crippen molar-refractivity contribution >= 4 is 5.91 Å². The number of methoxy groups -OCH3 is 1. The van der Waals surface area contributed by atoms with Gasteiger partial charge in [-0.15, -0.1) is 0 Å². The van der Waals surface area contributed by atoms with Gasteiger partial charge in [0.1, 0.15) is 5.75 Å². The molecule has 2 N–H and O–H groups in total. The van der Waals surface area contributed by atoms with E-state index in [2.05, 4.69) is 10.6 Å². The van der Waals surface area contributed by atoms with Crippen molar-refractivity contribution in [2.24, 2.45) is 5.92 Å². The maximum absolute atomic E-state index is 11.8. The molecule has 1 heterocycles. The van der Waals surface area contributed by atoms with Gasteiger partial charge in [-0.1, -0.05) is 12.1 Å². The fourth-order valence-corrected chi connectivity index (χ4v) is 2.41. The zero-order valence-electron chi connectivity index (χ0n) is 11.4. The van der Waals surface area contributed by atoms with Crippen LogP contribution in [-0.4, -0.2) is 32.7 Å². The third-order valence-corrected chi connectivity index (χ3v) is 3.54. The van der Waals surface area contributed by atoms with Crippen LogP contribution in [0.4, 0.5) is 0 Å². The number of benzene rings is 1. The molecule has 4 nitrogen and oxygen atoms in total. The van der Waals surface area contributed by atoms with Crippen molar-refractivity contribution in [3.63, 3.8) is 0 Å². The molecule has 19 heavy (non-hydrogen) atoms. The van der Waals surface area contributed by atoms with E-state index in [0.29, 0.717) is 6.42 Å². The lowest BCUT2D eigenvalue weighted by molar-refractivity contribution is -0.120. The second-order valence-electron chi connectivity index (χ2n) is 5.03. The second-order valence-corrected chi connectivity index (χ2v) is 5.03. The lowest BCUT2D eigenvalue weighted by Crippen LogP contribution is -2.27. The van der Waals surface area contributed by atoms with Crippen LogP contribution in [0.5, 0.6) is 5.75 Å². The van der Waals surface area contributed by atoms with E-state index in [1.165, 1.54) is 6.42 Å². The minimum Gasteiger partial charge on any atom is -0.497 e. The predicted octanol–water partition coefficient (Wildman–Crippen LogP) is 1.35. The van der Waals surface area contributed by atoms with Crippen molar-refractivity contribution in [1.29, 1.82) is 0 Å². The Balaban J connectivity index is 1.70. The minimum absolute atomic E-state index is 0.0826. The predicted molar refractivity (Wildman–Crippen MR) is 75.3 cm³/mol. The molecule has 1 aliphatic rings. The average Bonchev–Trinajstić information content (AvgIpc) is 2.92. The van der Waals surface area contributed by atoms with Crippen molar-refractivity contribution in [2.75, 3.05) is 26.7 Å². The maximum Gasteiger partial charge on any atom is 0.224 e. The van der Waals surface area contributed by atoms with E-state index < -0.39 is 0 Å². The van der Waals surface area contributed by atoms with Gasteiger partial charge in [-0.05, 0) is 49.5 Å². The van der Waals surface area contributed by atoms with Gasteiger partial charge in [-0.3, -0.25) is 4.79 Å². The van der Waals surface area contributed by atoms with Crippen LogP contribution in [0.15, 0.2) is 24.3 Å². The zero-order chi connectivity index (χ0) is 13.5. The monoisotopic (exact) mass is 262 g/mol. The van der Waals surface area contributed by atoms with Crippen LogP contribution in [0.1, 0.15) is 18.4 Å². The standard InChI is InChI=1S/C15H22N2O2/c1-19-14-4-2-3-13(9-14)10-15(18)17-8-6-12-5-7-16-11-12/h2-4,9,12,16H,5-8,10-11H2,1H3,(H,17,18). The largest absolute Gasteiger partial charge is 0.497 e. The number of amides is 1. The summed E-state index contributed by atoms with van der Waals surface area (Å²) in [6, 6.07) is 7.64. The second kappa shape index (κ2) is 7.14. The molecule has 0 saturated carbocycles. The van der Waals surface area contributed by atoms with E-state index in [9.17, 15) is 4.79 Å². The topological polar surface area (TPSA) is 50.4 Å². The molecule has 1 aliphatic heterocycles. The SMILES string of the molecule is COc1cccc(CC(=O)NCCC2CCNC2)c1. The van der Waals surface area contributed by atoms with Crippen LogP contribution in [-0.2, 0) is 11.2 Å². The van der Waals surface area contributed by atoms with Gasteiger partial charge in [-0.2, -0.15) is 0 Å². The van der Waals surface area contributed by atoms with Gasteiger partial charge in [0.15, 0.2) is 0 Å². The van der Waals surface area contributed by atoms with Crippen LogP contribution in [0.3, 0.4) is 0 Å². The number of nitrogens with one attached hydrogen (secondary N) is 2. The molecule has 104 valence electrons. The summed E-state index contributed by atoms with van der Waals surface area (Å²) in [6.07, 6.45) is 2.71. The normalized spacial score (nSPS) is 18.3. The Hall–Kier alpha value is -1.55. The van der Waals surface area contributed by atoms with Crippen molar-refractivity contribution in [3.05, 3.63) is 29.8 Å². The molecule has 1 fully saturated rings. The van der Waals surface area contributed by atoms with Crippen molar-refractivity contribution < 1.29 is 9.53 Å². The van der Waals surface area contributed by atoms with Gasteiger partial charge in [0.05, 0.1) is 13.5 Å². The Kier molecular flexibility index (Phi) is 5.21. The Morgan fingerprint density at radius 2 is 2.42 bits per heavy atom. The number of carbonyl (C=O) groups excluding carboxylic acids is 1. The third-order valence-electron chi connectivity index (χ3n) is 3.54. The molecule has 1 aromatic rings. The van der Waals surface area contributed by atoms with E-state index in [0.717, 1.165) is 43.3 Å². The lowest BCUT2D eigenvalue weighted by atomic mass is 10.1. The summed E-state index contributed by atoms with van der Waals surface area (Å²) in [5.74, 6) is 1.60. The Morgan fingerprint density at radius 1 is 1.53 bits per heavy atom. The van der Waals surface area contributed by atoms with Gasteiger partial charge in [0, 0.05) is 6.54 Å². The highest BCUT2D eigenvalue weighted by Gasteiger charge is 2.14. The number of ether oxygens (including phenoxy) is 1. The number of rotatable bonds is 6. The van der Waals surface area contributed by atoms with Crippen molar-refractivity contribution in [2.45, 2.75) is 19.3 Å². The third kappa shape index (κ3) is 4.56. The van der Waals surface area contributed by atoms with Gasteiger partial charge < -0.3 is 15.4 Å². The highest BCUT2D eigenvalue weighted by Crippen LogP contribution is 2.13. The van der Waals surface area contributed by atoms with Crippen LogP contribution in [0.2, 0.25) is 0 Å². The highest BCUT2D eigenvalue weighted by atomic mass is 16.5. The summed E-state index contributed by atoms with van der Waals surface area (Å²) in [5, 5.41) is 6.32. The first-order valence-electron chi connectivity index (χ1n) is 6.88. The van der Waals surface area contributed by atoms with Gasteiger partial charge >= 0.3 is 0 Å². The van der Waals surface area contributed by atoms with E-state index in [-0.39, 0.29) is 5.91 Å². The summed E-state index contributed by atoms with van der Waals surface area (Å²) in [4.78, 5) is 11.8. The molecule has 0 aromatic heterocycles. The summed E-state index contributed by atoms with van der Waals surface area (Å²) < 4.78 is 5.15. The summed E-state index contributed by atoms with van der Waals surface area (Å²) in [6.45, 7) is 2.98. The number of carbonyl (C=O) groups is 1. The molecule has 0 radical (unpaired) electrons. The fourth-order valence-electron chi connectivity index (χ4n) is 2.41. The molecule has 1 amide bonds. The molecule has 1 atom stereocenters. The smallest absolute Gasteiger partial charge is 0.224 e. The Bertz CT molecular complexity index is 414. The molecule has 2 rings (SSSR count). The Morgan fingerprint density at radius 3 is 3.16 bits per heavy atom. The van der Waals surface area contributed by atoms with Gasteiger partial charge in [0.25, 0.3) is 0 Å². The zero-order valence-corrected chi connectivity index (χ0v) is 11.4. The molecular formula is C15H22N2O2. The van der Waals surface area contributed by atoms with Gasteiger partial charge in [-0.25, -0.2) is 0 Å². The van der Waals surface area contributed by atoms with Crippen molar-refractivity contribution in [3.8, 4) is 5.75 Å². The maximum atomic E-state index is 11.8. The fraction of sp³-hybridized carbons (Fsp3) is 0.533. The highest BCUT2D eigenvalue weighted by molar-refractivity contribution is 5.78. The van der Waals surface area contributed by atoms with Crippen LogP contribution in [0, 0.1) is 5.92 Å². The number of hydrogen-bond acceptors (Lipinski definition) is 3. The molecular weight excluding hydrogens is 240 g/mol. The molecule has 0 spiro atoms. The molecule has 0 aliphatic carbocycles. The quantitative estimate of drug-likeness (QED) is 0.813. The summed E-state index contributed by atoms with van der Waals surface area (Å²) in [5.41, 5.74) is 0.986. The lowest BCUT2D eigenvalue weighted by Gasteiger charge is -2.09. The first-order chi connectivity index (χ1) is 9.28. The first-order valence-corrected chi connectivity index (χ1v) is 6.88. The van der Waals surface area contributed by atoms with E-state index in [1.807, 2.05) is 24.3 Å².